The maximum Gasteiger partial charge on any atom is 0.250 e. The lowest BCUT2D eigenvalue weighted by Gasteiger charge is -2.47. The number of piperidine rings is 1. The van der Waals surface area contributed by atoms with Crippen molar-refractivity contribution >= 4 is 0 Å². The number of likely N-dealkylation sites (N-methyl/N-ethyl adjacent to an activating group) is 1. The first-order valence-corrected chi connectivity index (χ1v) is 7.07. The van der Waals surface area contributed by atoms with Crippen molar-refractivity contribution < 1.29 is 0 Å². The molecule has 4 unspecified atom stereocenters. The third-order valence-electron chi connectivity index (χ3n) is 5.63. The summed E-state index contributed by atoms with van der Waals surface area (Å²) in [5, 5.41) is 0. The first kappa shape index (κ1) is 10.8. The Kier molecular flexibility index (Phi) is 2.08. The summed E-state index contributed by atoms with van der Waals surface area (Å²) in [6, 6.07) is 6.50. The third kappa shape index (κ3) is 1.21. The van der Waals surface area contributed by atoms with Gasteiger partial charge in [0.2, 0.25) is 0 Å². The molecule has 4 rings (SSSR count). The van der Waals surface area contributed by atoms with Crippen molar-refractivity contribution in [2.24, 2.45) is 17.8 Å². The molecule has 1 saturated heterocycles. The lowest BCUT2D eigenvalue weighted by atomic mass is 9.72. The molecular formula is C15H20N2O. The average molecular weight is 244 g/mol. The summed E-state index contributed by atoms with van der Waals surface area (Å²) in [7, 11) is 2.26. The van der Waals surface area contributed by atoms with Gasteiger partial charge < -0.3 is 9.47 Å². The monoisotopic (exact) mass is 244 g/mol. The molecule has 18 heavy (non-hydrogen) atoms. The summed E-state index contributed by atoms with van der Waals surface area (Å²) in [6.07, 6.45) is 1.31. The number of pyridine rings is 1. The second kappa shape index (κ2) is 3.47. The Morgan fingerprint density at radius 1 is 1.28 bits per heavy atom. The van der Waals surface area contributed by atoms with Gasteiger partial charge in [-0.05, 0) is 37.3 Å². The van der Waals surface area contributed by atoms with Gasteiger partial charge in [0, 0.05) is 36.8 Å². The number of fused-ring (bicyclic) bond motifs is 2. The van der Waals surface area contributed by atoms with Crippen LogP contribution in [0.15, 0.2) is 23.0 Å². The van der Waals surface area contributed by atoms with Crippen molar-refractivity contribution in [2.45, 2.75) is 31.8 Å². The molecule has 3 aliphatic rings. The van der Waals surface area contributed by atoms with Gasteiger partial charge in [-0.15, -0.1) is 0 Å². The van der Waals surface area contributed by atoms with E-state index in [-0.39, 0.29) is 5.56 Å². The average Bonchev–Trinajstić information content (AvgIpc) is 2.60. The van der Waals surface area contributed by atoms with Crippen LogP contribution >= 0.6 is 0 Å². The van der Waals surface area contributed by atoms with Crippen LogP contribution in [0.2, 0.25) is 0 Å². The van der Waals surface area contributed by atoms with Crippen molar-refractivity contribution in [2.75, 3.05) is 13.6 Å². The highest BCUT2D eigenvalue weighted by molar-refractivity contribution is 5.22. The minimum Gasteiger partial charge on any atom is -0.312 e. The van der Waals surface area contributed by atoms with E-state index in [1.807, 2.05) is 10.6 Å². The lowest BCUT2D eigenvalue weighted by molar-refractivity contribution is 0.0600. The predicted molar refractivity (Wildman–Crippen MR) is 70.6 cm³/mol. The van der Waals surface area contributed by atoms with Crippen LogP contribution in [0.1, 0.15) is 25.0 Å². The Hall–Kier alpha value is -1.09. The van der Waals surface area contributed by atoms with E-state index in [0.717, 1.165) is 24.9 Å². The molecule has 2 aliphatic heterocycles. The van der Waals surface area contributed by atoms with Gasteiger partial charge in [0.15, 0.2) is 0 Å². The highest BCUT2D eigenvalue weighted by atomic mass is 16.1. The molecule has 1 saturated carbocycles. The van der Waals surface area contributed by atoms with Crippen LogP contribution in [0.25, 0.3) is 0 Å². The molecular weight excluding hydrogens is 224 g/mol. The lowest BCUT2D eigenvalue weighted by Crippen LogP contribution is -2.52. The molecule has 3 nitrogen and oxygen atoms in total. The quantitative estimate of drug-likeness (QED) is 0.691. The summed E-state index contributed by atoms with van der Waals surface area (Å²) in [4.78, 5) is 14.6. The van der Waals surface area contributed by atoms with Crippen LogP contribution in [0.4, 0.5) is 0 Å². The fourth-order valence-corrected chi connectivity index (χ4v) is 4.96. The van der Waals surface area contributed by atoms with E-state index >= 15 is 0 Å². The van der Waals surface area contributed by atoms with Crippen LogP contribution in [0.3, 0.4) is 0 Å². The number of rotatable bonds is 0. The molecule has 2 fully saturated rings. The number of aromatic nitrogens is 1. The van der Waals surface area contributed by atoms with E-state index in [0.29, 0.717) is 17.9 Å². The summed E-state index contributed by atoms with van der Waals surface area (Å²) in [6.45, 7) is 4.47. The van der Waals surface area contributed by atoms with Gasteiger partial charge in [-0.25, -0.2) is 0 Å². The molecule has 1 aliphatic carbocycles. The maximum absolute atomic E-state index is 12.0. The molecule has 5 atom stereocenters. The smallest absolute Gasteiger partial charge is 0.250 e. The summed E-state index contributed by atoms with van der Waals surface area (Å²) in [5.41, 5.74) is 1.47. The molecule has 96 valence electrons. The molecule has 0 N–H and O–H groups in total. The van der Waals surface area contributed by atoms with Gasteiger partial charge in [0.1, 0.15) is 0 Å². The molecule has 0 amide bonds. The fourth-order valence-electron chi connectivity index (χ4n) is 4.96. The molecule has 3 heteroatoms. The fraction of sp³-hybridized carbons (Fsp3) is 0.667. The van der Waals surface area contributed by atoms with E-state index in [1.165, 1.54) is 12.1 Å². The number of likely N-dealkylation sites (tertiary alicyclic amines) is 1. The first-order valence-electron chi connectivity index (χ1n) is 7.07. The van der Waals surface area contributed by atoms with Gasteiger partial charge in [-0.1, -0.05) is 13.0 Å². The minimum absolute atomic E-state index is 0.193. The number of hydrogen-bond donors (Lipinski definition) is 0. The molecule has 0 spiro atoms. The molecule has 1 aromatic heterocycles. The minimum atomic E-state index is 0.193. The van der Waals surface area contributed by atoms with Crippen LogP contribution in [-0.2, 0) is 6.54 Å². The Morgan fingerprint density at radius 2 is 2.11 bits per heavy atom. The Bertz CT molecular complexity index is 550. The van der Waals surface area contributed by atoms with Gasteiger partial charge >= 0.3 is 0 Å². The molecule has 0 aromatic carbocycles. The van der Waals surface area contributed by atoms with Gasteiger partial charge in [0.05, 0.1) is 0 Å². The maximum atomic E-state index is 12.0. The van der Waals surface area contributed by atoms with Crippen LogP contribution in [-0.4, -0.2) is 29.1 Å². The zero-order chi connectivity index (χ0) is 12.4. The summed E-state index contributed by atoms with van der Waals surface area (Å²) >= 11 is 0. The standard InChI is InChI=1S/C15H20N2O/c1-9-6-13-11-8-17-12(4-3-5-14(17)18)10(15(9)11)7-16(13)2/h3-5,9-11,13,15H,6-8H2,1-2H3/t9-,10?,11?,13?,15?/m0/s1. The molecule has 0 radical (unpaired) electrons. The second-order valence-electron chi connectivity index (χ2n) is 6.47. The Morgan fingerprint density at radius 3 is 2.94 bits per heavy atom. The third-order valence-corrected chi connectivity index (χ3v) is 5.63. The zero-order valence-corrected chi connectivity index (χ0v) is 11.0. The number of nitrogens with zero attached hydrogens (tertiary/aromatic N) is 2. The molecule has 1 aromatic rings. The Labute approximate surface area is 107 Å². The zero-order valence-electron chi connectivity index (χ0n) is 11.0. The SMILES string of the molecule is C[C@H]1CC2C3Cn4c(cccc4=O)C(CN2C)C31. The topological polar surface area (TPSA) is 25.2 Å². The van der Waals surface area contributed by atoms with Crippen LogP contribution in [0, 0.1) is 17.8 Å². The van der Waals surface area contributed by atoms with Crippen molar-refractivity contribution in [3.8, 4) is 0 Å². The Balaban J connectivity index is 1.91. The van der Waals surface area contributed by atoms with E-state index in [4.69, 9.17) is 0 Å². The summed E-state index contributed by atoms with van der Waals surface area (Å²) < 4.78 is 2.05. The van der Waals surface area contributed by atoms with E-state index in [2.05, 4.69) is 24.9 Å². The summed E-state index contributed by atoms with van der Waals surface area (Å²) in [5.74, 6) is 2.86. The van der Waals surface area contributed by atoms with Gasteiger partial charge in [-0.3, -0.25) is 4.79 Å². The highest BCUT2D eigenvalue weighted by Crippen LogP contribution is 2.53. The van der Waals surface area contributed by atoms with Crippen molar-refractivity contribution in [3.05, 3.63) is 34.2 Å². The normalized spacial score (nSPS) is 41.8. The van der Waals surface area contributed by atoms with Crippen molar-refractivity contribution in [1.82, 2.24) is 9.47 Å². The van der Waals surface area contributed by atoms with E-state index in [1.54, 1.807) is 6.07 Å². The van der Waals surface area contributed by atoms with Gasteiger partial charge in [-0.2, -0.15) is 0 Å². The second-order valence-corrected chi connectivity index (χ2v) is 6.47. The predicted octanol–water partition coefficient (Wildman–Crippen LogP) is 1.53. The van der Waals surface area contributed by atoms with E-state index < -0.39 is 0 Å². The van der Waals surface area contributed by atoms with Crippen LogP contribution < -0.4 is 5.56 Å². The van der Waals surface area contributed by atoms with Crippen molar-refractivity contribution in [3.63, 3.8) is 0 Å². The molecule has 4 bridgehead atoms. The highest BCUT2D eigenvalue weighted by Gasteiger charge is 2.53. The largest absolute Gasteiger partial charge is 0.312 e. The van der Waals surface area contributed by atoms with E-state index in [9.17, 15) is 4.79 Å². The number of hydrogen-bond acceptors (Lipinski definition) is 2. The molecule has 3 heterocycles. The van der Waals surface area contributed by atoms with Gasteiger partial charge in [0.25, 0.3) is 5.56 Å². The first-order chi connectivity index (χ1) is 8.66. The van der Waals surface area contributed by atoms with Crippen LogP contribution in [0.5, 0.6) is 0 Å². The van der Waals surface area contributed by atoms with Crippen molar-refractivity contribution in [1.29, 1.82) is 0 Å².